The van der Waals surface area contributed by atoms with Crippen molar-refractivity contribution in [1.82, 2.24) is 0 Å². The summed E-state index contributed by atoms with van der Waals surface area (Å²) in [6, 6.07) is 5.09. The standard InChI is InChI=1S/C12H10O3/c1-9-7-10(8-13)5-6-11(9)3-2-4-12(14)15/h5-8H,4H2,1H3,(H,14,15). The van der Waals surface area contributed by atoms with Crippen LogP contribution in [0.3, 0.4) is 0 Å². The molecular weight excluding hydrogens is 192 g/mol. The van der Waals surface area contributed by atoms with E-state index in [1.807, 2.05) is 6.92 Å². The first-order valence-corrected chi connectivity index (χ1v) is 4.40. The fourth-order valence-corrected chi connectivity index (χ4v) is 1.12. The first kappa shape index (κ1) is 11.0. The molecule has 15 heavy (non-hydrogen) atoms. The zero-order chi connectivity index (χ0) is 11.3. The minimum Gasteiger partial charge on any atom is -0.481 e. The molecule has 0 saturated heterocycles. The number of carbonyl (C=O) groups excluding carboxylic acids is 1. The van der Waals surface area contributed by atoms with Gasteiger partial charge in [-0.05, 0) is 24.6 Å². The van der Waals surface area contributed by atoms with Gasteiger partial charge in [-0.3, -0.25) is 9.59 Å². The molecule has 0 radical (unpaired) electrons. The molecule has 0 amide bonds. The van der Waals surface area contributed by atoms with Crippen LogP contribution < -0.4 is 0 Å². The van der Waals surface area contributed by atoms with E-state index in [0.29, 0.717) is 5.56 Å². The second kappa shape index (κ2) is 4.97. The summed E-state index contributed by atoms with van der Waals surface area (Å²) in [6.07, 6.45) is 0.594. The summed E-state index contributed by atoms with van der Waals surface area (Å²) in [6.45, 7) is 1.83. The van der Waals surface area contributed by atoms with Gasteiger partial charge in [0.1, 0.15) is 12.7 Å². The van der Waals surface area contributed by atoms with E-state index in [9.17, 15) is 9.59 Å². The average Bonchev–Trinajstić information content (AvgIpc) is 2.20. The first-order valence-electron chi connectivity index (χ1n) is 4.40. The highest BCUT2D eigenvalue weighted by atomic mass is 16.4. The monoisotopic (exact) mass is 202 g/mol. The lowest BCUT2D eigenvalue weighted by atomic mass is 10.1. The molecule has 1 rings (SSSR count). The van der Waals surface area contributed by atoms with Gasteiger partial charge in [0.15, 0.2) is 0 Å². The van der Waals surface area contributed by atoms with Crippen molar-refractivity contribution < 1.29 is 14.7 Å². The minimum absolute atomic E-state index is 0.172. The number of hydrogen-bond donors (Lipinski definition) is 1. The lowest BCUT2D eigenvalue weighted by Crippen LogP contribution is -1.91. The lowest BCUT2D eigenvalue weighted by Gasteiger charge is -1.97. The number of carboxylic acids is 1. The smallest absolute Gasteiger partial charge is 0.315 e. The van der Waals surface area contributed by atoms with Crippen LogP contribution in [0.1, 0.15) is 27.9 Å². The van der Waals surface area contributed by atoms with E-state index < -0.39 is 5.97 Å². The number of aryl methyl sites for hydroxylation is 1. The molecule has 0 aliphatic carbocycles. The Hall–Kier alpha value is -2.08. The van der Waals surface area contributed by atoms with Gasteiger partial charge >= 0.3 is 5.97 Å². The number of rotatable bonds is 2. The fourth-order valence-electron chi connectivity index (χ4n) is 1.12. The number of aldehydes is 1. The maximum absolute atomic E-state index is 10.5. The molecule has 0 aliphatic heterocycles. The molecule has 0 fully saturated rings. The van der Waals surface area contributed by atoms with Crippen LogP contribution in [0.15, 0.2) is 18.2 Å². The Kier molecular flexibility index (Phi) is 3.64. The number of carboxylic acid groups (broad SMARTS) is 1. The Bertz CT molecular complexity index is 450. The molecule has 0 unspecified atom stereocenters. The van der Waals surface area contributed by atoms with E-state index in [-0.39, 0.29) is 6.42 Å². The maximum Gasteiger partial charge on any atom is 0.315 e. The van der Waals surface area contributed by atoms with Crippen molar-refractivity contribution >= 4 is 12.3 Å². The summed E-state index contributed by atoms with van der Waals surface area (Å²) < 4.78 is 0. The molecule has 1 aromatic rings. The second-order valence-corrected chi connectivity index (χ2v) is 3.06. The van der Waals surface area contributed by atoms with E-state index in [1.165, 1.54) is 0 Å². The largest absolute Gasteiger partial charge is 0.481 e. The molecule has 1 aromatic carbocycles. The molecule has 0 atom stereocenters. The topological polar surface area (TPSA) is 54.4 Å². The third kappa shape index (κ3) is 3.28. The van der Waals surface area contributed by atoms with Gasteiger partial charge in [0.25, 0.3) is 0 Å². The number of hydrogen-bond acceptors (Lipinski definition) is 2. The highest BCUT2D eigenvalue weighted by Gasteiger charge is 1.96. The molecule has 0 bridgehead atoms. The van der Waals surface area contributed by atoms with E-state index in [1.54, 1.807) is 18.2 Å². The third-order valence-corrected chi connectivity index (χ3v) is 1.85. The molecule has 3 nitrogen and oxygen atoms in total. The van der Waals surface area contributed by atoms with Gasteiger partial charge in [0, 0.05) is 11.1 Å². The lowest BCUT2D eigenvalue weighted by molar-refractivity contribution is -0.135. The third-order valence-electron chi connectivity index (χ3n) is 1.85. The quantitative estimate of drug-likeness (QED) is 0.585. The maximum atomic E-state index is 10.5. The van der Waals surface area contributed by atoms with Gasteiger partial charge in [-0.1, -0.05) is 17.9 Å². The Labute approximate surface area is 87.7 Å². The Morgan fingerprint density at radius 3 is 2.80 bits per heavy atom. The van der Waals surface area contributed by atoms with Crippen molar-refractivity contribution in [3.05, 3.63) is 34.9 Å². The number of benzene rings is 1. The average molecular weight is 202 g/mol. The van der Waals surface area contributed by atoms with E-state index >= 15 is 0 Å². The summed E-state index contributed by atoms with van der Waals surface area (Å²) in [5, 5.41) is 8.39. The van der Waals surface area contributed by atoms with Crippen molar-refractivity contribution in [3.8, 4) is 11.8 Å². The van der Waals surface area contributed by atoms with Crippen molar-refractivity contribution in [1.29, 1.82) is 0 Å². The zero-order valence-electron chi connectivity index (χ0n) is 8.28. The van der Waals surface area contributed by atoms with Gasteiger partial charge in [0.2, 0.25) is 0 Å². The normalized spacial score (nSPS) is 8.87. The zero-order valence-corrected chi connectivity index (χ0v) is 8.28. The predicted octanol–water partition coefficient (Wildman–Crippen LogP) is 1.63. The van der Waals surface area contributed by atoms with Crippen LogP contribution >= 0.6 is 0 Å². The van der Waals surface area contributed by atoms with Gasteiger partial charge in [-0.2, -0.15) is 0 Å². The molecular formula is C12H10O3. The molecule has 76 valence electrons. The van der Waals surface area contributed by atoms with Crippen LogP contribution in [0, 0.1) is 18.8 Å². The Morgan fingerprint density at radius 1 is 1.53 bits per heavy atom. The van der Waals surface area contributed by atoms with E-state index in [2.05, 4.69) is 11.8 Å². The summed E-state index contributed by atoms with van der Waals surface area (Å²) in [4.78, 5) is 20.7. The Balaban J connectivity index is 2.90. The summed E-state index contributed by atoms with van der Waals surface area (Å²) >= 11 is 0. The van der Waals surface area contributed by atoms with Crippen LogP contribution in [0.25, 0.3) is 0 Å². The van der Waals surface area contributed by atoms with Gasteiger partial charge in [-0.25, -0.2) is 0 Å². The SMILES string of the molecule is Cc1cc(C=O)ccc1C#CCC(=O)O. The van der Waals surface area contributed by atoms with Crippen molar-refractivity contribution in [2.24, 2.45) is 0 Å². The van der Waals surface area contributed by atoms with Gasteiger partial charge in [-0.15, -0.1) is 0 Å². The molecule has 0 heterocycles. The fraction of sp³-hybridized carbons (Fsp3) is 0.167. The van der Waals surface area contributed by atoms with Crippen molar-refractivity contribution in [2.75, 3.05) is 0 Å². The van der Waals surface area contributed by atoms with Crippen molar-refractivity contribution in [3.63, 3.8) is 0 Å². The van der Waals surface area contributed by atoms with E-state index in [0.717, 1.165) is 17.4 Å². The van der Waals surface area contributed by atoms with Crippen LogP contribution in [0.4, 0.5) is 0 Å². The number of carbonyl (C=O) groups is 2. The number of aliphatic carboxylic acids is 1. The van der Waals surface area contributed by atoms with Crippen LogP contribution in [0.2, 0.25) is 0 Å². The van der Waals surface area contributed by atoms with Crippen LogP contribution in [0.5, 0.6) is 0 Å². The highest BCUT2D eigenvalue weighted by molar-refractivity contribution is 5.75. The van der Waals surface area contributed by atoms with Crippen LogP contribution in [-0.4, -0.2) is 17.4 Å². The minimum atomic E-state index is -0.940. The summed E-state index contributed by atoms with van der Waals surface area (Å²) in [5.41, 5.74) is 2.22. The molecule has 0 aromatic heterocycles. The molecule has 1 N–H and O–H groups in total. The van der Waals surface area contributed by atoms with Gasteiger partial charge < -0.3 is 5.11 Å². The predicted molar refractivity (Wildman–Crippen MR) is 55.7 cm³/mol. The highest BCUT2D eigenvalue weighted by Crippen LogP contribution is 2.08. The van der Waals surface area contributed by atoms with Gasteiger partial charge in [0.05, 0.1) is 0 Å². The molecule has 0 spiro atoms. The molecule has 0 saturated carbocycles. The first-order chi connectivity index (χ1) is 7.13. The Morgan fingerprint density at radius 2 is 2.27 bits per heavy atom. The summed E-state index contributed by atoms with van der Waals surface area (Å²) in [5.74, 6) is 4.35. The molecule has 3 heteroatoms. The second-order valence-electron chi connectivity index (χ2n) is 3.06. The van der Waals surface area contributed by atoms with Crippen LogP contribution in [-0.2, 0) is 4.79 Å². The van der Waals surface area contributed by atoms with Crippen molar-refractivity contribution in [2.45, 2.75) is 13.3 Å². The van der Waals surface area contributed by atoms with E-state index in [4.69, 9.17) is 5.11 Å². The molecule has 0 aliphatic rings. The summed E-state index contributed by atoms with van der Waals surface area (Å²) in [7, 11) is 0.